The number of anilines is 3. The van der Waals surface area contributed by atoms with Crippen molar-refractivity contribution in [3.05, 3.63) is 64.7 Å². The lowest BCUT2D eigenvalue weighted by atomic mass is 9.96. The molecule has 0 spiro atoms. The van der Waals surface area contributed by atoms with Crippen LogP contribution in [0, 0.1) is 0 Å². The number of pyridine rings is 2. The Bertz CT molecular complexity index is 1060. The minimum absolute atomic E-state index is 0.142. The Labute approximate surface area is 169 Å². The number of hydrogen-bond donors (Lipinski definition) is 3. The van der Waals surface area contributed by atoms with Crippen LogP contribution in [0.4, 0.5) is 17.3 Å². The molecule has 0 saturated heterocycles. The lowest BCUT2D eigenvalue weighted by molar-refractivity contribution is 0.631. The van der Waals surface area contributed by atoms with Gasteiger partial charge in [-0.25, -0.2) is 4.98 Å². The van der Waals surface area contributed by atoms with Crippen molar-refractivity contribution in [2.24, 2.45) is 0 Å². The van der Waals surface area contributed by atoms with Crippen molar-refractivity contribution in [2.45, 2.75) is 44.2 Å². The van der Waals surface area contributed by atoms with Gasteiger partial charge in [-0.3, -0.25) is 4.98 Å². The van der Waals surface area contributed by atoms with Crippen LogP contribution >= 0.6 is 0 Å². The van der Waals surface area contributed by atoms with Crippen LogP contribution in [0.15, 0.2) is 36.7 Å². The standard InChI is InChI=1S/C22H23N7/c1-3-13-9-19(27-21(13)24-8-1)20-10-14-5-6-16(26-22(14)29-28-20)18-11-17-15(12-25-18)4-2-7-23-17/h1,3,8,10-12,16,19,23H,2,4-7,9H2,(H,24,27)(H,26,29). The van der Waals surface area contributed by atoms with Crippen LogP contribution in [-0.2, 0) is 19.3 Å². The molecule has 0 fully saturated rings. The molecule has 29 heavy (non-hydrogen) atoms. The zero-order valence-electron chi connectivity index (χ0n) is 16.2. The van der Waals surface area contributed by atoms with Gasteiger partial charge in [0.1, 0.15) is 5.82 Å². The summed E-state index contributed by atoms with van der Waals surface area (Å²) >= 11 is 0. The van der Waals surface area contributed by atoms with E-state index < -0.39 is 0 Å². The van der Waals surface area contributed by atoms with E-state index in [1.165, 1.54) is 28.8 Å². The van der Waals surface area contributed by atoms with Gasteiger partial charge in [-0.1, -0.05) is 6.07 Å². The molecule has 0 radical (unpaired) electrons. The number of nitrogens with zero attached hydrogens (tertiary/aromatic N) is 4. The van der Waals surface area contributed by atoms with Gasteiger partial charge in [-0.05, 0) is 60.6 Å². The quantitative estimate of drug-likeness (QED) is 0.623. The fourth-order valence-corrected chi connectivity index (χ4v) is 4.59. The summed E-state index contributed by atoms with van der Waals surface area (Å²) in [5.74, 6) is 1.84. The Balaban J connectivity index is 1.22. The number of aromatic nitrogens is 4. The van der Waals surface area contributed by atoms with Crippen molar-refractivity contribution in [1.29, 1.82) is 0 Å². The smallest absolute Gasteiger partial charge is 0.152 e. The summed E-state index contributed by atoms with van der Waals surface area (Å²) in [4.78, 5) is 9.14. The maximum Gasteiger partial charge on any atom is 0.152 e. The third-order valence-electron chi connectivity index (χ3n) is 6.19. The van der Waals surface area contributed by atoms with Crippen LogP contribution in [0.3, 0.4) is 0 Å². The molecule has 0 aromatic carbocycles. The number of aryl methyl sites for hydroxylation is 2. The molecule has 6 heterocycles. The summed E-state index contributed by atoms with van der Waals surface area (Å²) in [6.45, 7) is 1.04. The fraction of sp³-hybridized carbons (Fsp3) is 0.364. The summed E-state index contributed by atoms with van der Waals surface area (Å²) in [5.41, 5.74) is 7.08. The number of fused-ring (bicyclic) bond motifs is 3. The van der Waals surface area contributed by atoms with Crippen molar-refractivity contribution in [3.8, 4) is 0 Å². The van der Waals surface area contributed by atoms with E-state index in [9.17, 15) is 0 Å². The fourth-order valence-electron chi connectivity index (χ4n) is 4.59. The highest BCUT2D eigenvalue weighted by Crippen LogP contribution is 2.35. The van der Waals surface area contributed by atoms with E-state index in [1.807, 2.05) is 18.5 Å². The normalized spacial score (nSPS) is 21.8. The van der Waals surface area contributed by atoms with Crippen LogP contribution in [0.5, 0.6) is 0 Å². The van der Waals surface area contributed by atoms with Gasteiger partial charge in [0.15, 0.2) is 5.82 Å². The molecule has 0 aliphatic carbocycles. The molecule has 7 nitrogen and oxygen atoms in total. The van der Waals surface area contributed by atoms with E-state index in [4.69, 9.17) is 4.98 Å². The first kappa shape index (κ1) is 16.7. The molecule has 3 aliphatic rings. The molecule has 3 aromatic rings. The Morgan fingerprint density at radius 2 is 1.83 bits per heavy atom. The molecule has 0 bridgehead atoms. The first-order valence-corrected chi connectivity index (χ1v) is 10.4. The number of rotatable bonds is 2. The number of hydrogen-bond acceptors (Lipinski definition) is 7. The predicted octanol–water partition coefficient (Wildman–Crippen LogP) is 3.43. The molecule has 7 heteroatoms. The van der Waals surface area contributed by atoms with Gasteiger partial charge in [-0.2, -0.15) is 5.10 Å². The summed E-state index contributed by atoms with van der Waals surface area (Å²) in [5, 5.41) is 19.6. The lowest BCUT2D eigenvalue weighted by Crippen LogP contribution is -2.22. The highest BCUT2D eigenvalue weighted by molar-refractivity contribution is 5.56. The Hall–Kier alpha value is -3.22. The minimum Gasteiger partial charge on any atom is -0.385 e. The summed E-state index contributed by atoms with van der Waals surface area (Å²) in [7, 11) is 0. The van der Waals surface area contributed by atoms with Gasteiger partial charge in [0, 0.05) is 31.0 Å². The molecule has 2 unspecified atom stereocenters. The van der Waals surface area contributed by atoms with E-state index in [0.717, 1.165) is 55.3 Å². The first-order valence-electron chi connectivity index (χ1n) is 10.4. The summed E-state index contributed by atoms with van der Waals surface area (Å²) in [6.07, 6.45) is 9.01. The molecule has 3 aliphatic heterocycles. The predicted molar refractivity (Wildman–Crippen MR) is 112 cm³/mol. The Morgan fingerprint density at radius 1 is 0.862 bits per heavy atom. The van der Waals surface area contributed by atoms with E-state index in [0.29, 0.717) is 0 Å². The van der Waals surface area contributed by atoms with Gasteiger partial charge < -0.3 is 16.0 Å². The second kappa shape index (κ2) is 6.69. The second-order valence-electron chi connectivity index (χ2n) is 8.09. The van der Waals surface area contributed by atoms with Crippen LogP contribution in [0.1, 0.15) is 53.0 Å². The third kappa shape index (κ3) is 2.97. The van der Waals surface area contributed by atoms with Crippen LogP contribution in [0.2, 0.25) is 0 Å². The molecule has 2 atom stereocenters. The zero-order chi connectivity index (χ0) is 19.2. The van der Waals surface area contributed by atoms with Crippen molar-refractivity contribution in [1.82, 2.24) is 20.2 Å². The van der Waals surface area contributed by atoms with Crippen molar-refractivity contribution in [3.63, 3.8) is 0 Å². The van der Waals surface area contributed by atoms with Crippen molar-refractivity contribution in [2.75, 3.05) is 22.5 Å². The van der Waals surface area contributed by atoms with Crippen molar-refractivity contribution < 1.29 is 0 Å². The van der Waals surface area contributed by atoms with Gasteiger partial charge in [-0.15, -0.1) is 5.10 Å². The summed E-state index contributed by atoms with van der Waals surface area (Å²) < 4.78 is 0. The maximum absolute atomic E-state index is 4.72. The molecular formula is C22H23N7. The van der Waals surface area contributed by atoms with Gasteiger partial charge >= 0.3 is 0 Å². The van der Waals surface area contributed by atoms with E-state index in [2.05, 4.69) is 49.3 Å². The third-order valence-corrected chi connectivity index (χ3v) is 6.19. The van der Waals surface area contributed by atoms with Crippen LogP contribution in [0.25, 0.3) is 0 Å². The Morgan fingerprint density at radius 3 is 2.79 bits per heavy atom. The molecule has 146 valence electrons. The van der Waals surface area contributed by atoms with Crippen LogP contribution in [-0.4, -0.2) is 26.7 Å². The van der Waals surface area contributed by atoms with Crippen LogP contribution < -0.4 is 16.0 Å². The topological polar surface area (TPSA) is 87.7 Å². The second-order valence-corrected chi connectivity index (χ2v) is 8.09. The van der Waals surface area contributed by atoms with Gasteiger partial charge in [0.05, 0.1) is 23.5 Å². The van der Waals surface area contributed by atoms with Crippen molar-refractivity contribution >= 4 is 17.3 Å². The molecule has 3 N–H and O–H groups in total. The number of nitrogens with one attached hydrogen (secondary N) is 3. The molecule has 0 amide bonds. The highest BCUT2D eigenvalue weighted by Gasteiger charge is 2.27. The summed E-state index contributed by atoms with van der Waals surface area (Å²) in [6, 6.07) is 8.81. The monoisotopic (exact) mass is 385 g/mol. The molecular weight excluding hydrogens is 362 g/mol. The minimum atomic E-state index is 0.142. The van der Waals surface area contributed by atoms with E-state index in [-0.39, 0.29) is 12.1 Å². The van der Waals surface area contributed by atoms with Gasteiger partial charge in [0.25, 0.3) is 0 Å². The average molecular weight is 385 g/mol. The largest absolute Gasteiger partial charge is 0.385 e. The average Bonchev–Trinajstić information content (AvgIpc) is 3.22. The highest BCUT2D eigenvalue weighted by atomic mass is 15.2. The molecule has 3 aromatic heterocycles. The van der Waals surface area contributed by atoms with E-state index >= 15 is 0 Å². The first-order chi connectivity index (χ1) is 14.3. The zero-order valence-corrected chi connectivity index (χ0v) is 16.2. The molecule has 0 saturated carbocycles. The molecule has 6 rings (SSSR count). The Kier molecular flexibility index (Phi) is 3.85. The van der Waals surface area contributed by atoms with Gasteiger partial charge in [0.2, 0.25) is 0 Å². The lowest BCUT2D eigenvalue weighted by Gasteiger charge is -2.27. The van der Waals surface area contributed by atoms with E-state index in [1.54, 1.807) is 0 Å². The maximum atomic E-state index is 4.72. The SMILES string of the molecule is c1cnc2c(c1)CC(c1cc3c(nn1)NC(c1cc4c(cn1)CCCN4)CC3)N2.